The largest absolute Gasteiger partial charge is 4.00 e. The minimum Gasteiger partial charge on any atom is -1.00 e. The Balaban J connectivity index is -0.000000419. The van der Waals surface area contributed by atoms with Crippen molar-refractivity contribution < 1.29 is 55.8 Å². The average molecular weight is 540 g/mol. The van der Waals surface area contributed by atoms with Gasteiger partial charge in [-0.1, -0.05) is 65.1 Å². The minimum atomic E-state index is -0.567. The average Bonchev–Trinajstić information content (AvgIpc) is 3.10. The molecule has 0 aromatic heterocycles. The van der Waals surface area contributed by atoms with Gasteiger partial charge in [-0.15, -0.1) is 29.7 Å². The molecule has 3 aromatic carbocycles. The molecule has 160 valence electrons. The van der Waals surface area contributed by atoms with Crippen molar-refractivity contribution in [1.29, 1.82) is 0 Å². The van der Waals surface area contributed by atoms with Crippen molar-refractivity contribution in [2.45, 2.75) is 52.6 Å². The summed E-state index contributed by atoms with van der Waals surface area (Å²) in [5.74, 6) is 0.00370. The van der Waals surface area contributed by atoms with Crippen molar-refractivity contribution in [2.24, 2.45) is 0 Å². The molecule has 0 unspecified atom stereocenters. The molecule has 0 spiro atoms. The molecule has 2 nitrogen and oxygen atoms in total. The van der Waals surface area contributed by atoms with E-state index >= 15 is 0 Å². The van der Waals surface area contributed by atoms with Crippen LogP contribution in [0.25, 0.3) is 16.5 Å². The van der Waals surface area contributed by atoms with Crippen molar-refractivity contribution in [2.75, 3.05) is 0 Å². The molecule has 30 heavy (non-hydrogen) atoms. The Bertz CT molecular complexity index is 794. The molecule has 1 N–H and O–H groups in total. The zero-order valence-corrected chi connectivity index (χ0v) is 23.6. The van der Waals surface area contributed by atoms with Crippen LogP contribution in [0.2, 0.25) is 13.1 Å². The summed E-state index contributed by atoms with van der Waals surface area (Å²) in [6.45, 7) is 12.5. The molecule has 0 heterocycles. The molecular weight excluding hydrogens is 508 g/mol. The van der Waals surface area contributed by atoms with Crippen LogP contribution in [0.15, 0.2) is 60.7 Å². The number of carbonyl (C=O) groups is 1. The van der Waals surface area contributed by atoms with E-state index in [1.54, 1.807) is 0 Å². The van der Waals surface area contributed by atoms with Gasteiger partial charge in [-0.3, -0.25) is 0 Å². The van der Waals surface area contributed by atoms with Crippen LogP contribution in [0.1, 0.15) is 61.0 Å². The summed E-state index contributed by atoms with van der Waals surface area (Å²) >= 11 is 0. The molecule has 3 rings (SSSR count). The van der Waals surface area contributed by atoms with Crippen LogP contribution in [0, 0.1) is 0 Å². The molecule has 3 aromatic rings. The first kappa shape index (κ1) is 33.8. The molecule has 1 amide bonds. The second-order valence-electron chi connectivity index (χ2n) is 7.10. The first-order valence-corrected chi connectivity index (χ1v) is 11.4. The van der Waals surface area contributed by atoms with Crippen LogP contribution in [0.3, 0.4) is 0 Å². The van der Waals surface area contributed by atoms with Gasteiger partial charge in [0.2, 0.25) is 0 Å². The van der Waals surface area contributed by atoms with E-state index in [1.165, 1.54) is 10.8 Å². The van der Waals surface area contributed by atoms with E-state index in [4.69, 9.17) is 5.73 Å². The maximum Gasteiger partial charge on any atom is 4.00 e. The minimum absolute atomic E-state index is 0. The van der Waals surface area contributed by atoms with Crippen LogP contribution < -0.4 is 24.8 Å². The Morgan fingerprint density at radius 2 is 1.33 bits per heavy atom. The number of benzene rings is 2. The summed E-state index contributed by atoms with van der Waals surface area (Å²) in [6, 6.07) is 20.5. The normalized spacial score (nSPS) is 9.20. The first-order chi connectivity index (χ1) is 12.8. The Hall–Kier alpha value is -0.800. The molecule has 6 heteroatoms. The molecule has 0 aliphatic heterocycles. The van der Waals surface area contributed by atoms with Crippen molar-refractivity contribution in [1.82, 2.24) is 0 Å². The standard InChI is InChI=1S/C13H19NO.C9H7.C2H6Si.2ClH.Zr/c1-8(2)10-6-5-7-11(9(3)4)12(10)13(14)15;1-2-5-9-7-3-6-8(9)4-1;1-3-2;;;/h5-9H,1-4H3,(H2,14,15);1-7H;1-2H3;2*1H;/q;-1;;;;+4/p-3. The zero-order valence-electron chi connectivity index (χ0n) is 18.6. The summed E-state index contributed by atoms with van der Waals surface area (Å²) in [4.78, 5) is 11.4. The van der Waals surface area contributed by atoms with E-state index in [2.05, 4.69) is 55.6 Å². The van der Waals surface area contributed by atoms with Crippen LogP contribution in [-0.2, 0) is 26.2 Å². The summed E-state index contributed by atoms with van der Waals surface area (Å²) in [6.07, 6.45) is 0. The fraction of sp³-hybridized carbons (Fsp3) is 0.333. The van der Waals surface area contributed by atoms with Gasteiger partial charge >= 0.3 is 26.2 Å². The third-order valence-electron chi connectivity index (χ3n) is 4.15. The van der Waals surface area contributed by atoms with Gasteiger partial charge in [-0.25, -0.2) is 0 Å². The number of nitrogens with one attached hydrogen (secondary N) is 1. The van der Waals surface area contributed by atoms with Gasteiger partial charge < -0.3 is 35.3 Å². The van der Waals surface area contributed by atoms with Gasteiger partial charge in [0.25, 0.3) is 0 Å². The molecule has 0 atom stereocenters. The molecule has 0 saturated heterocycles. The Labute approximate surface area is 216 Å². The second kappa shape index (κ2) is 17.8. The van der Waals surface area contributed by atoms with Gasteiger partial charge in [0.15, 0.2) is 0 Å². The van der Waals surface area contributed by atoms with E-state index < -0.39 is 5.91 Å². The summed E-state index contributed by atoms with van der Waals surface area (Å²) in [7, 11) is 1.08. The van der Waals surface area contributed by atoms with E-state index in [1.807, 2.05) is 45.9 Å². The maximum absolute atomic E-state index is 11.4. The van der Waals surface area contributed by atoms with Gasteiger partial charge in [0.1, 0.15) is 0 Å². The molecule has 0 saturated carbocycles. The van der Waals surface area contributed by atoms with Crippen LogP contribution in [0.4, 0.5) is 0 Å². The number of hydrogen-bond donors (Lipinski definition) is 0. The molecule has 0 fully saturated rings. The van der Waals surface area contributed by atoms with Crippen LogP contribution in [0.5, 0.6) is 0 Å². The van der Waals surface area contributed by atoms with Crippen LogP contribution >= 0.6 is 0 Å². The van der Waals surface area contributed by atoms with Gasteiger partial charge in [0, 0.05) is 15.1 Å². The van der Waals surface area contributed by atoms with Crippen molar-refractivity contribution >= 4 is 26.2 Å². The summed E-state index contributed by atoms with van der Waals surface area (Å²) in [5.41, 5.74) is 9.92. The number of halogens is 2. The third kappa shape index (κ3) is 10.5. The third-order valence-corrected chi connectivity index (χ3v) is 4.15. The van der Waals surface area contributed by atoms with E-state index in [0.717, 1.165) is 20.6 Å². The maximum atomic E-state index is 11.4. The van der Waals surface area contributed by atoms with Gasteiger partial charge in [0.05, 0.1) is 5.91 Å². The molecule has 0 aliphatic rings. The quantitative estimate of drug-likeness (QED) is 0.367. The number of carbonyl (C=O) groups excluding carboxylic acids is 1. The van der Waals surface area contributed by atoms with Gasteiger partial charge in [-0.2, -0.15) is 17.5 Å². The molecule has 0 aliphatic carbocycles. The number of rotatable bonds is 3. The SMILES string of the molecule is CC(C)c1cccc(C(C)C)c1C([NH-])=O.C[Si]C.[Cl-].[Cl-].[Zr+4].c1ccc2[cH-]ccc2c1. The summed E-state index contributed by atoms with van der Waals surface area (Å²) in [5, 5.41) is 2.66. The van der Waals surface area contributed by atoms with Crippen molar-refractivity contribution in [3.05, 3.63) is 83.1 Å². The topological polar surface area (TPSA) is 40.9 Å². The Morgan fingerprint density at radius 3 is 1.73 bits per heavy atom. The second-order valence-corrected chi connectivity index (χ2v) is 8.10. The summed E-state index contributed by atoms with van der Waals surface area (Å²) < 4.78 is 0. The smallest absolute Gasteiger partial charge is 1.00 e. The first-order valence-electron chi connectivity index (χ1n) is 9.41. The predicted molar refractivity (Wildman–Crippen MR) is 120 cm³/mol. The predicted octanol–water partition coefficient (Wildman–Crippen LogP) is 1.48. The van der Waals surface area contributed by atoms with Gasteiger partial charge in [-0.05, 0) is 23.0 Å². The number of fused-ring (bicyclic) bond motifs is 1. The van der Waals surface area contributed by atoms with E-state index in [0.29, 0.717) is 5.56 Å². The van der Waals surface area contributed by atoms with Crippen molar-refractivity contribution in [3.8, 4) is 0 Å². The Kier molecular flexibility index (Phi) is 20.1. The fourth-order valence-corrected chi connectivity index (χ4v) is 2.88. The molecule has 2 radical (unpaired) electrons. The number of hydrogen-bond acceptors (Lipinski definition) is 1. The van der Waals surface area contributed by atoms with Crippen LogP contribution in [-0.4, -0.2) is 15.4 Å². The van der Waals surface area contributed by atoms with E-state index in [-0.39, 0.29) is 62.9 Å². The molecule has 0 bridgehead atoms. The monoisotopic (exact) mass is 537 g/mol. The van der Waals surface area contributed by atoms with Crippen molar-refractivity contribution in [3.63, 3.8) is 0 Å². The fourth-order valence-electron chi connectivity index (χ4n) is 2.88. The number of amides is 1. The zero-order chi connectivity index (χ0) is 20.4. The Morgan fingerprint density at radius 1 is 0.867 bits per heavy atom. The van der Waals surface area contributed by atoms with E-state index in [9.17, 15) is 4.79 Å². The molecular formula is C24H31Cl2NOSiZr.